The zero-order valence-corrected chi connectivity index (χ0v) is 11.6. The second-order valence-corrected chi connectivity index (χ2v) is 4.64. The largest absolute Gasteiger partial charge is 0.481 e. The van der Waals surface area contributed by atoms with E-state index in [0.29, 0.717) is 0 Å². The molecule has 0 saturated carbocycles. The molecular formula is C14H16F3NO3. The average Bonchev–Trinajstić information content (AvgIpc) is 2.42. The van der Waals surface area contributed by atoms with Gasteiger partial charge in [0.05, 0.1) is 11.5 Å². The van der Waals surface area contributed by atoms with Crippen molar-refractivity contribution in [3.63, 3.8) is 0 Å². The predicted molar refractivity (Wildman–Crippen MR) is 70.9 cm³/mol. The number of alkyl halides is 3. The van der Waals surface area contributed by atoms with Crippen LogP contribution in [0.4, 0.5) is 18.9 Å². The number of nitrogens with zero attached hydrogens (tertiary/aromatic N) is 1. The Balaban J connectivity index is 3.04. The van der Waals surface area contributed by atoms with E-state index in [1.165, 1.54) is 24.0 Å². The molecule has 0 radical (unpaired) electrons. The number of hydrogen-bond acceptors (Lipinski definition) is 2. The molecule has 1 N–H and O–H groups in total. The van der Waals surface area contributed by atoms with Crippen molar-refractivity contribution in [3.8, 4) is 0 Å². The second kappa shape index (κ2) is 6.60. The Morgan fingerprint density at radius 3 is 2.14 bits per heavy atom. The van der Waals surface area contributed by atoms with E-state index < -0.39 is 23.6 Å². The van der Waals surface area contributed by atoms with Crippen LogP contribution in [0.5, 0.6) is 0 Å². The zero-order chi connectivity index (χ0) is 16.2. The quantitative estimate of drug-likeness (QED) is 0.909. The summed E-state index contributed by atoms with van der Waals surface area (Å²) in [5.74, 6) is -2.23. The highest BCUT2D eigenvalue weighted by atomic mass is 19.4. The van der Waals surface area contributed by atoms with Crippen LogP contribution in [0.15, 0.2) is 24.3 Å². The molecule has 0 spiro atoms. The van der Waals surface area contributed by atoms with Crippen molar-refractivity contribution in [1.29, 1.82) is 0 Å². The molecule has 1 aromatic rings. The lowest BCUT2D eigenvalue weighted by molar-refractivity contribution is -0.141. The summed E-state index contributed by atoms with van der Waals surface area (Å²) in [5, 5.41) is 8.90. The molecule has 0 aliphatic carbocycles. The predicted octanol–water partition coefficient (Wildman–Crippen LogP) is 3.17. The fourth-order valence-corrected chi connectivity index (χ4v) is 1.72. The Bertz CT molecular complexity index is 511. The number of carbonyl (C=O) groups is 2. The summed E-state index contributed by atoms with van der Waals surface area (Å²) in [6, 6.07) is 4.09. The third kappa shape index (κ3) is 4.47. The fraction of sp³-hybridized carbons (Fsp3) is 0.429. The molecule has 1 amide bonds. The van der Waals surface area contributed by atoms with E-state index in [1.807, 2.05) is 0 Å². The number of benzene rings is 1. The average molecular weight is 303 g/mol. The van der Waals surface area contributed by atoms with E-state index in [-0.39, 0.29) is 24.6 Å². The molecule has 4 nitrogen and oxygen atoms in total. The Morgan fingerprint density at radius 1 is 1.24 bits per heavy atom. The highest BCUT2D eigenvalue weighted by Gasteiger charge is 2.30. The van der Waals surface area contributed by atoms with Gasteiger partial charge in [-0.1, -0.05) is 13.8 Å². The van der Waals surface area contributed by atoms with Gasteiger partial charge in [-0.2, -0.15) is 13.2 Å². The molecule has 0 aliphatic rings. The number of halogens is 3. The zero-order valence-electron chi connectivity index (χ0n) is 11.6. The Kier molecular flexibility index (Phi) is 5.34. The number of carboxylic acid groups (broad SMARTS) is 1. The minimum atomic E-state index is -4.45. The van der Waals surface area contributed by atoms with Crippen LogP contribution in [0.1, 0.15) is 25.8 Å². The summed E-state index contributed by atoms with van der Waals surface area (Å²) in [6.07, 6.45) is -4.32. The fourth-order valence-electron chi connectivity index (χ4n) is 1.72. The lowest BCUT2D eigenvalue weighted by atomic mass is 10.1. The van der Waals surface area contributed by atoms with Crippen LogP contribution < -0.4 is 4.90 Å². The van der Waals surface area contributed by atoms with Gasteiger partial charge in [0.1, 0.15) is 0 Å². The molecular weight excluding hydrogens is 287 g/mol. The van der Waals surface area contributed by atoms with E-state index in [4.69, 9.17) is 5.11 Å². The summed E-state index contributed by atoms with van der Waals surface area (Å²) in [5.41, 5.74) is -0.565. The summed E-state index contributed by atoms with van der Waals surface area (Å²) in [7, 11) is 0. The van der Waals surface area contributed by atoms with Crippen LogP contribution in [-0.2, 0) is 15.8 Å². The molecule has 0 bridgehead atoms. The number of amides is 1. The van der Waals surface area contributed by atoms with Crippen molar-refractivity contribution in [1.82, 2.24) is 0 Å². The van der Waals surface area contributed by atoms with Crippen molar-refractivity contribution in [2.45, 2.75) is 26.4 Å². The van der Waals surface area contributed by atoms with E-state index in [1.54, 1.807) is 6.92 Å². The summed E-state index contributed by atoms with van der Waals surface area (Å²) < 4.78 is 37.5. The monoisotopic (exact) mass is 303 g/mol. The molecule has 7 heteroatoms. The first kappa shape index (κ1) is 17.0. The molecule has 0 aliphatic heterocycles. The molecule has 1 rings (SSSR count). The van der Waals surface area contributed by atoms with Gasteiger partial charge in [0.15, 0.2) is 0 Å². The molecule has 1 unspecified atom stereocenters. The third-order valence-corrected chi connectivity index (χ3v) is 2.99. The van der Waals surface area contributed by atoms with Crippen LogP contribution in [0.25, 0.3) is 0 Å². The Hall–Kier alpha value is -2.05. The van der Waals surface area contributed by atoms with Crippen molar-refractivity contribution < 1.29 is 27.9 Å². The number of anilines is 1. The molecule has 1 aromatic carbocycles. The number of carbonyl (C=O) groups excluding carboxylic acids is 1. The minimum absolute atomic E-state index is 0.0899. The minimum Gasteiger partial charge on any atom is -0.481 e. The number of carboxylic acids is 1. The highest BCUT2D eigenvalue weighted by molar-refractivity contribution is 5.93. The first-order valence-corrected chi connectivity index (χ1v) is 6.37. The van der Waals surface area contributed by atoms with Crippen molar-refractivity contribution in [2.75, 3.05) is 11.4 Å². The maximum atomic E-state index is 12.5. The smallest absolute Gasteiger partial charge is 0.416 e. The van der Waals surface area contributed by atoms with E-state index in [0.717, 1.165) is 12.1 Å². The van der Waals surface area contributed by atoms with E-state index in [2.05, 4.69) is 0 Å². The number of rotatable bonds is 5. The van der Waals surface area contributed by atoms with Crippen LogP contribution in [0.3, 0.4) is 0 Å². The molecule has 0 fully saturated rings. The Morgan fingerprint density at radius 2 is 1.76 bits per heavy atom. The Labute approximate surface area is 120 Å². The molecule has 0 aromatic heterocycles. The van der Waals surface area contributed by atoms with Crippen LogP contribution in [0.2, 0.25) is 0 Å². The van der Waals surface area contributed by atoms with Crippen LogP contribution in [0, 0.1) is 5.92 Å². The number of aliphatic carboxylic acids is 1. The summed E-state index contributed by atoms with van der Waals surface area (Å²) >= 11 is 0. The first-order chi connectivity index (χ1) is 9.66. The normalized spacial score (nSPS) is 12.8. The van der Waals surface area contributed by atoms with E-state index in [9.17, 15) is 22.8 Å². The van der Waals surface area contributed by atoms with Gasteiger partial charge in [-0.05, 0) is 24.3 Å². The van der Waals surface area contributed by atoms with Crippen molar-refractivity contribution >= 4 is 17.6 Å². The van der Waals surface area contributed by atoms with Gasteiger partial charge < -0.3 is 10.0 Å². The van der Waals surface area contributed by atoms with Gasteiger partial charge in [0.25, 0.3) is 0 Å². The van der Waals surface area contributed by atoms with Gasteiger partial charge in [-0.25, -0.2) is 0 Å². The molecule has 1 atom stereocenters. The van der Waals surface area contributed by atoms with Gasteiger partial charge in [0, 0.05) is 18.7 Å². The highest BCUT2D eigenvalue weighted by Crippen LogP contribution is 2.30. The third-order valence-electron chi connectivity index (χ3n) is 2.99. The SMILES string of the molecule is CCC(=O)N(CC(C)C(=O)O)c1ccc(C(F)(F)F)cc1. The van der Waals surface area contributed by atoms with Gasteiger partial charge in [-0.3, -0.25) is 9.59 Å². The standard InChI is InChI=1S/C14H16F3NO3/c1-3-12(19)18(8-9(2)13(20)21)11-6-4-10(5-7-11)14(15,16)17/h4-7,9H,3,8H2,1-2H3,(H,20,21). The molecule has 0 saturated heterocycles. The molecule has 116 valence electrons. The molecule has 0 heterocycles. The van der Waals surface area contributed by atoms with Crippen molar-refractivity contribution in [2.24, 2.45) is 5.92 Å². The molecule has 21 heavy (non-hydrogen) atoms. The van der Waals surface area contributed by atoms with Crippen molar-refractivity contribution in [3.05, 3.63) is 29.8 Å². The maximum Gasteiger partial charge on any atom is 0.416 e. The lowest BCUT2D eigenvalue weighted by Gasteiger charge is -2.24. The van der Waals surface area contributed by atoms with Gasteiger partial charge in [-0.15, -0.1) is 0 Å². The van der Waals surface area contributed by atoms with E-state index >= 15 is 0 Å². The van der Waals surface area contributed by atoms with Gasteiger partial charge >= 0.3 is 12.1 Å². The van der Waals surface area contributed by atoms with Crippen LogP contribution >= 0.6 is 0 Å². The lowest BCUT2D eigenvalue weighted by Crippen LogP contribution is -2.36. The summed E-state index contributed by atoms with van der Waals surface area (Å²) in [6.45, 7) is 2.95. The van der Waals surface area contributed by atoms with Gasteiger partial charge in [0.2, 0.25) is 5.91 Å². The second-order valence-electron chi connectivity index (χ2n) is 4.64. The topological polar surface area (TPSA) is 57.6 Å². The summed E-state index contributed by atoms with van der Waals surface area (Å²) in [4.78, 5) is 23.9. The first-order valence-electron chi connectivity index (χ1n) is 6.37. The van der Waals surface area contributed by atoms with Crippen LogP contribution in [-0.4, -0.2) is 23.5 Å². The maximum absolute atomic E-state index is 12.5. The number of hydrogen-bond donors (Lipinski definition) is 1.